The highest BCUT2D eigenvalue weighted by Gasteiger charge is 2.12. The second kappa shape index (κ2) is 7.83. The van der Waals surface area contributed by atoms with Gasteiger partial charge in [-0.25, -0.2) is 4.98 Å². The van der Waals surface area contributed by atoms with Gasteiger partial charge in [0.1, 0.15) is 17.2 Å². The number of thiazole rings is 1. The largest absolute Gasteiger partial charge is 0.508 e. The van der Waals surface area contributed by atoms with Gasteiger partial charge >= 0.3 is 0 Å². The van der Waals surface area contributed by atoms with E-state index in [2.05, 4.69) is 15.6 Å². The van der Waals surface area contributed by atoms with Gasteiger partial charge in [-0.05, 0) is 29.8 Å². The maximum Gasteiger partial charge on any atom is 0.230 e. The molecule has 0 aliphatic carbocycles. The predicted octanol–water partition coefficient (Wildman–Crippen LogP) is 2.93. The van der Waals surface area contributed by atoms with Crippen LogP contribution < -0.4 is 10.6 Å². The molecule has 0 saturated heterocycles. The van der Waals surface area contributed by atoms with Gasteiger partial charge in [0.15, 0.2) is 10.9 Å². The van der Waals surface area contributed by atoms with Crippen molar-refractivity contribution < 1.29 is 19.1 Å². The van der Waals surface area contributed by atoms with Crippen LogP contribution in [0.5, 0.6) is 5.75 Å². The number of carbonyl (C=O) groups excluding carboxylic acids is 2. The van der Waals surface area contributed by atoms with E-state index in [1.165, 1.54) is 18.3 Å². The summed E-state index contributed by atoms with van der Waals surface area (Å²) in [6.07, 6.45) is 0.191. The fraction of sp³-hybridized carbons (Fsp3) is 0.167. The molecule has 0 fully saturated rings. The number of hydrogen-bond donors (Lipinski definition) is 3. The average molecular weight is 371 g/mol. The SMILES string of the molecule is CC(=O)NCc1ccc(-c2csc(NC(=O)Cc3ccc(O)cc3)n2)o1. The fourth-order valence-corrected chi connectivity index (χ4v) is 2.95. The maximum absolute atomic E-state index is 12.1. The molecule has 2 amide bonds. The van der Waals surface area contributed by atoms with Crippen LogP contribution in [0.2, 0.25) is 0 Å². The molecule has 134 valence electrons. The molecule has 0 atom stereocenters. The summed E-state index contributed by atoms with van der Waals surface area (Å²) in [5.41, 5.74) is 1.41. The molecule has 0 bridgehead atoms. The smallest absolute Gasteiger partial charge is 0.230 e. The third-order valence-corrected chi connectivity index (χ3v) is 4.23. The summed E-state index contributed by atoms with van der Waals surface area (Å²) in [4.78, 5) is 27.4. The highest BCUT2D eigenvalue weighted by atomic mass is 32.1. The van der Waals surface area contributed by atoms with Crippen LogP contribution in [-0.4, -0.2) is 21.9 Å². The van der Waals surface area contributed by atoms with Crippen molar-refractivity contribution in [3.8, 4) is 17.2 Å². The Morgan fingerprint density at radius 1 is 1.19 bits per heavy atom. The van der Waals surface area contributed by atoms with E-state index in [9.17, 15) is 14.7 Å². The number of aromatic hydroxyl groups is 1. The zero-order valence-corrected chi connectivity index (χ0v) is 14.8. The topological polar surface area (TPSA) is 104 Å². The summed E-state index contributed by atoms with van der Waals surface area (Å²) >= 11 is 1.30. The quantitative estimate of drug-likeness (QED) is 0.618. The summed E-state index contributed by atoms with van der Waals surface area (Å²) in [5.74, 6) is 1.04. The number of phenolic OH excluding ortho intramolecular Hbond substituents is 1. The van der Waals surface area contributed by atoms with Gasteiger partial charge in [-0.3, -0.25) is 9.59 Å². The first-order chi connectivity index (χ1) is 12.5. The van der Waals surface area contributed by atoms with Gasteiger partial charge in [-0.2, -0.15) is 0 Å². The minimum Gasteiger partial charge on any atom is -0.508 e. The van der Waals surface area contributed by atoms with Crippen molar-refractivity contribution in [3.63, 3.8) is 0 Å². The molecule has 3 aromatic rings. The number of nitrogens with one attached hydrogen (secondary N) is 2. The van der Waals surface area contributed by atoms with Gasteiger partial charge in [-0.15, -0.1) is 11.3 Å². The van der Waals surface area contributed by atoms with Gasteiger partial charge < -0.3 is 20.2 Å². The summed E-state index contributed by atoms with van der Waals surface area (Å²) < 4.78 is 5.64. The number of carbonyl (C=O) groups is 2. The number of phenols is 1. The van der Waals surface area contributed by atoms with E-state index in [0.29, 0.717) is 28.9 Å². The number of nitrogens with zero attached hydrogens (tertiary/aromatic N) is 1. The van der Waals surface area contributed by atoms with Gasteiger partial charge in [0.25, 0.3) is 0 Å². The first-order valence-corrected chi connectivity index (χ1v) is 8.74. The molecule has 0 aliphatic rings. The van der Waals surface area contributed by atoms with Crippen molar-refractivity contribution in [3.05, 3.63) is 53.1 Å². The van der Waals surface area contributed by atoms with Crippen molar-refractivity contribution in [2.75, 3.05) is 5.32 Å². The third-order valence-electron chi connectivity index (χ3n) is 3.48. The van der Waals surface area contributed by atoms with Crippen LogP contribution in [0.1, 0.15) is 18.2 Å². The first kappa shape index (κ1) is 17.7. The normalized spacial score (nSPS) is 10.5. The second-order valence-electron chi connectivity index (χ2n) is 5.60. The zero-order chi connectivity index (χ0) is 18.5. The van der Waals surface area contributed by atoms with Crippen LogP contribution in [0, 0.1) is 0 Å². The lowest BCUT2D eigenvalue weighted by molar-refractivity contribution is -0.119. The molecule has 1 aromatic carbocycles. The number of amides is 2. The number of anilines is 1. The van der Waals surface area contributed by atoms with Crippen LogP contribution in [-0.2, 0) is 22.6 Å². The minimum atomic E-state index is -0.192. The second-order valence-corrected chi connectivity index (χ2v) is 6.46. The summed E-state index contributed by atoms with van der Waals surface area (Å²) in [6.45, 7) is 1.76. The van der Waals surface area contributed by atoms with Crippen molar-refractivity contribution in [2.24, 2.45) is 0 Å². The lowest BCUT2D eigenvalue weighted by Gasteiger charge is -2.02. The van der Waals surface area contributed by atoms with E-state index in [4.69, 9.17) is 4.42 Å². The van der Waals surface area contributed by atoms with Gasteiger partial charge in [0, 0.05) is 12.3 Å². The molecule has 0 aliphatic heterocycles. The van der Waals surface area contributed by atoms with Crippen molar-refractivity contribution in [1.82, 2.24) is 10.3 Å². The summed E-state index contributed by atoms with van der Waals surface area (Å²) in [6, 6.07) is 10.0. The molecular weight excluding hydrogens is 354 g/mol. The minimum absolute atomic E-state index is 0.129. The van der Waals surface area contributed by atoms with Gasteiger partial charge in [-0.1, -0.05) is 12.1 Å². The Labute approximate surface area is 153 Å². The van der Waals surface area contributed by atoms with E-state index in [1.807, 2.05) is 0 Å². The number of rotatable bonds is 6. The zero-order valence-electron chi connectivity index (χ0n) is 14.0. The Bertz CT molecular complexity index is 915. The molecule has 2 aromatic heterocycles. The molecule has 8 heteroatoms. The average Bonchev–Trinajstić information content (AvgIpc) is 3.24. The van der Waals surface area contributed by atoms with Crippen molar-refractivity contribution >= 4 is 28.3 Å². The molecule has 0 radical (unpaired) electrons. The fourth-order valence-electron chi connectivity index (χ4n) is 2.23. The maximum atomic E-state index is 12.1. The van der Waals surface area contributed by atoms with E-state index in [0.717, 1.165) is 5.56 Å². The number of hydrogen-bond acceptors (Lipinski definition) is 6. The molecule has 26 heavy (non-hydrogen) atoms. The van der Waals surface area contributed by atoms with Crippen LogP contribution in [0.3, 0.4) is 0 Å². The van der Waals surface area contributed by atoms with E-state index in [1.54, 1.807) is 41.8 Å². The van der Waals surface area contributed by atoms with Crippen molar-refractivity contribution in [2.45, 2.75) is 19.9 Å². The van der Waals surface area contributed by atoms with Crippen LogP contribution >= 0.6 is 11.3 Å². The molecule has 3 N–H and O–H groups in total. The Kier molecular flexibility index (Phi) is 5.33. The van der Waals surface area contributed by atoms with Crippen molar-refractivity contribution in [1.29, 1.82) is 0 Å². The Hall–Kier alpha value is -3.13. The molecule has 0 saturated carbocycles. The lowest BCUT2D eigenvalue weighted by Crippen LogP contribution is -2.18. The Morgan fingerprint density at radius 3 is 2.69 bits per heavy atom. The number of benzene rings is 1. The lowest BCUT2D eigenvalue weighted by atomic mass is 10.1. The Morgan fingerprint density at radius 2 is 1.96 bits per heavy atom. The summed E-state index contributed by atoms with van der Waals surface area (Å²) in [5, 5.41) is 16.9. The third kappa shape index (κ3) is 4.70. The molecule has 7 nitrogen and oxygen atoms in total. The van der Waals surface area contributed by atoms with Crippen LogP contribution in [0.25, 0.3) is 11.5 Å². The summed E-state index contributed by atoms with van der Waals surface area (Å²) in [7, 11) is 0. The first-order valence-electron chi connectivity index (χ1n) is 7.86. The van der Waals surface area contributed by atoms with E-state index in [-0.39, 0.29) is 24.0 Å². The molecule has 0 spiro atoms. The van der Waals surface area contributed by atoms with E-state index < -0.39 is 0 Å². The predicted molar refractivity (Wildman–Crippen MR) is 97.8 cm³/mol. The highest BCUT2D eigenvalue weighted by molar-refractivity contribution is 7.14. The van der Waals surface area contributed by atoms with Crippen LogP contribution in [0.4, 0.5) is 5.13 Å². The molecule has 3 rings (SSSR count). The standard InChI is InChI=1S/C18H17N3O4S/c1-11(22)19-9-14-6-7-16(25-14)15-10-26-18(20-15)21-17(24)8-12-2-4-13(23)5-3-12/h2-7,10,23H,8-9H2,1H3,(H,19,22)(H,20,21,24). The number of aromatic nitrogens is 1. The van der Waals surface area contributed by atoms with Gasteiger partial charge in [0.05, 0.1) is 13.0 Å². The molecular formula is C18H17N3O4S. The highest BCUT2D eigenvalue weighted by Crippen LogP contribution is 2.26. The van der Waals surface area contributed by atoms with E-state index >= 15 is 0 Å². The molecule has 2 heterocycles. The molecule has 0 unspecified atom stereocenters. The number of furan rings is 1. The monoisotopic (exact) mass is 371 g/mol. The van der Waals surface area contributed by atoms with Gasteiger partial charge in [0.2, 0.25) is 11.8 Å². The van der Waals surface area contributed by atoms with Crippen LogP contribution in [0.15, 0.2) is 46.2 Å². The Balaban J connectivity index is 1.59.